The molecule has 2 heterocycles. The standard InChI is InChI=1S/C22H30N4O5/c1-28-11-8-23-22(27)16-14-24-20(25-21(16)26-9-6-5-7-10-26)15-12-17(29-2)19(31-4)18(13-15)30-3/h12-14H,5-11H2,1-4H3,(H,23,27). The first-order valence-electron chi connectivity index (χ1n) is 10.3. The quantitative estimate of drug-likeness (QED) is 0.607. The van der Waals surface area contributed by atoms with Crippen molar-refractivity contribution in [3.05, 3.63) is 23.9 Å². The number of methoxy groups -OCH3 is 4. The fourth-order valence-corrected chi connectivity index (χ4v) is 3.59. The molecule has 2 aromatic rings. The van der Waals surface area contributed by atoms with Crippen LogP contribution in [0.15, 0.2) is 18.3 Å². The molecule has 1 fully saturated rings. The van der Waals surface area contributed by atoms with Crippen LogP contribution in [0.5, 0.6) is 17.2 Å². The molecule has 1 aromatic carbocycles. The Kier molecular flexibility index (Phi) is 7.88. The fourth-order valence-electron chi connectivity index (χ4n) is 3.59. The van der Waals surface area contributed by atoms with E-state index in [2.05, 4.69) is 15.2 Å². The lowest BCUT2D eigenvalue weighted by Gasteiger charge is -2.29. The van der Waals surface area contributed by atoms with E-state index in [0.29, 0.717) is 53.2 Å². The number of piperidine rings is 1. The third kappa shape index (κ3) is 5.16. The van der Waals surface area contributed by atoms with Gasteiger partial charge in [-0.3, -0.25) is 4.79 Å². The lowest BCUT2D eigenvalue weighted by atomic mass is 10.1. The molecule has 168 valence electrons. The molecule has 1 N–H and O–H groups in total. The van der Waals surface area contributed by atoms with Gasteiger partial charge in [0.1, 0.15) is 11.4 Å². The van der Waals surface area contributed by atoms with Gasteiger partial charge in [-0.25, -0.2) is 9.97 Å². The van der Waals surface area contributed by atoms with Crippen LogP contribution < -0.4 is 24.4 Å². The molecule has 1 aliphatic rings. The average Bonchev–Trinajstić information content (AvgIpc) is 2.83. The van der Waals surface area contributed by atoms with E-state index in [0.717, 1.165) is 25.9 Å². The van der Waals surface area contributed by atoms with Crippen molar-refractivity contribution in [2.24, 2.45) is 0 Å². The Morgan fingerprint density at radius 3 is 2.29 bits per heavy atom. The lowest BCUT2D eigenvalue weighted by Crippen LogP contribution is -2.34. The van der Waals surface area contributed by atoms with E-state index in [-0.39, 0.29) is 5.91 Å². The van der Waals surface area contributed by atoms with Crippen molar-refractivity contribution in [3.63, 3.8) is 0 Å². The molecule has 0 bridgehead atoms. The van der Waals surface area contributed by atoms with Crippen molar-refractivity contribution in [3.8, 4) is 28.6 Å². The Bertz CT molecular complexity index is 874. The van der Waals surface area contributed by atoms with Crippen LogP contribution in [0.1, 0.15) is 29.6 Å². The Hall–Kier alpha value is -3.07. The molecule has 0 saturated carbocycles. The summed E-state index contributed by atoms with van der Waals surface area (Å²) in [7, 11) is 6.28. The number of nitrogens with zero attached hydrogens (tertiary/aromatic N) is 3. The first kappa shape index (κ1) is 22.6. The van der Waals surface area contributed by atoms with Crippen LogP contribution in [0.3, 0.4) is 0 Å². The molecule has 0 aliphatic carbocycles. The van der Waals surface area contributed by atoms with Gasteiger partial charge < -0.3 is 29.2 Å². The number of rotatable bonds is 9. The number of hydrogen-bond acceptors (Lipinski definition) is 8. The highest BCUT2D eigenvalue weighted by Crippen LogP contribution is 2.40. The molecule has 0 radical (unpaired) electrons. The predicted octanol–water partition coefficient (Wildman–Crippen LogP) is 2.54. The van der Waals surface area contributed by atoms with Crippen LogP contribution in [0.4, 0.5) is 5.82 Å². The molecule has 1 saturated heterocycles. The number of carbonyl (C=O) groups is 1. The summed E-state index contributed by atoms with van der Waals surface area (Å²) < 4.78 is 21.3. The maximum atomic E-state index is 12.8. The minimum absolute atomic E-state index is 0.214. The SMILES string of the molecule is COCCNC(=O)c1cnc(-c2cc(OC)c(OC)c(OC)c2)nc1N1CCCCC1. The number of carbonyl (C=O) groups excluding carboxylic acids is 1. The van der Waals surface area contributed by atoms with E-state index >= 15 is 0 Å². The van der Waals surface area contributed by atoms with E-state index in [1.54, 1.807) is 46.8 Å². The van der Waals surface area contributed by atoms with Crippen LogP contribution in [0.2, 0.25) is 0 Å². The van der Waals surface area contributed by atoms with E-state index < -0.39 is 0 Å². The zero-order valence-corrected chi connectivity index (χ0v) is 18.6. The Morgan fingerprint density at radius 2 is 1.71 bits per heavy atom. The highest BCUT2D eigenvalue weighted by atomic mass is 16.5. The molecule has 9 nitrogen and oxygen atoms in total. The van der Waals surface area contributed by atoms with E-state index in [1.807, 2.05) is 0 Å². The second kappa shape index (κ2) is 10.8. The van der Waals surface area contributed by atoms with Gasteiger partial charge in [-0.05, 0) is 31.4 Å². The van der Waals surface area contributed by atoms with Crippen LogP contribution in [0.25, 0.3) is 11.4 Å². The second-order valence-corrected chi connectivity index (χ2v) is 7.14. The van der Waals surface area contributed by atoms with E-state index in [9.17, 15) is 4.79 Å². The maximum absolute atomic E-state index is 12.8. The van der Waals surface area contributed by atoms with Crippen LogP contribution >= 0.6 is 0 Å². The molecule has 0 spiro atoms. The molecular formula is C22H30N4O5. The molecule has 9 heteroatoms. The first-order valence-corrected chi connectivity index (χ1v) is 10.3. The van der Waals surface area contributed by atoms with Gasteiger partial charge in [0, 0.05) is 38.5 Å². The van der Waals surface area contributed by atoms with Crippen molar-refractivity contribution < 1.29 is 23.7 Å². The van der Waals surface area contributed by atoms with Gasteiger partial charge in [0.25, 0.3) is 5.91 Å². The lowest BCUT2D eigenvalue weighted by molar-refractivity contribution is 0.0937. The molecule has 0 atom stereocenters. The Balaban J connectivity index is 2.03. The average molecular weight is 431 g/mol. The number of aromatic nitrogens is 2. The summed E-state index contributed by atoms with van der Waals surface area (Å²) in [5.74, 6) is 2.43. The van der Waals surface area contributed by atoms with Gasteiger partial charge in [0.15, 0.2) is 17.3 Å². The molecule has 3 rings (SSSR count). The minimum atomic E-state index is -0.214. The molecule has 1 aliphatic heterocycles. The predicted molar refractivity (Wildman–Crippen MR) is 117 cm³/mol. The minimum Gasteiger partial charge on any atom is -0.493 e. The van der Waals surface area contributed by atoms with Crippen LogP contribution in [0, 0.1) is 0 Å². The van der Waals surface area contributed by atoms with Gasteiger partial charge in [0.05, 0.1) is 27.9 Å². The molecular weight excluding hydrogens is 400 g/mol. The summed E-state index contributed by atoms with van der Waals surface area (Å²) >= 11 is 0. The zero-order chi connectivity index (χ0) is 22.2. The van der Waals surface area contributed by atoms with Gasteiger partial charge in [-0.2, -0.15) is 0 Å². The van der Waals surface area contributed by atoms with Gasteiger partial charge in [-0.15, -0.1) is 0 Å². The van der Waals surface area contributed by atoms with Gasteiger partial charge in [0.2, 0.25) is 5.75 Å². The van der Waals surface area contributed by atoms with Crippen molar-refractivity contribution >= 4 is 11.7 Å². The molecule has 0 unspecified atom stereocenters. The van der Waals surface area contributed by atoms with Gasteiger partial charge in [-0.1, -0.05) is 0 Å². The number of nitrogens with one attached hydrogen (secondary N) is 1. The Labute approximate surface area is 182 Å². The monoisotopic (exact) mass is 430 g/mol. The molecule has 1 aromatic heterocycles. The van der Waals surface area contributed by atoms with Gasteiger partial charge >= 0.3 is 0 Å². The van der Waals surface area contributed by atoms with Crippen LogP contribution in [-0.2, 0) is 4.74 Å². The third-order valence-corrected chi connectivity index (χ3v) is 5.18. The largest absolute Gasteiger partial charge is 0.493 e. The summed E-state index contributed by atoms with van der Waals surface area (Å²) in [6.07, 6.45) is 4.89. The zero-order valence-electron chi connectivity index (χ0n) is 18.6. The normalized spacial score (nSPS) is 13.6. The highest BCUT2D eigenvalue weighted by Gasteiger charge is 2.23. The summed E-state index contributed by atoms with van der Waals surface area (Å²) in [5, 5.41) is 2.86. The summed E-state index contributed by atoms with van der Waals surface area (Å²) in [5.41, 5.74) is 1.16. The van der Waals surface area contributed by atoms with Crippen molar-refractivity contribution in [2.45, 2.75) is 19.3 Å². The number of hydrogen-bond donors (Lipinski definition) is 1. The van der Waals surface area contributed by atoms with Crippen LogP contribution in [-0.4, -0.2) is 70.6 Å². The Morgan fingerprint density at radius 1 is 1.03 bits per heavy atom. The topological polar surface area (TPSA) is 95.0 Å². The molecule has 1 amide bonds. The maximum Gasteiger partial charge on any atom is 0.256 e. The van der Waals surface area contributed by atoms with E-state index in [1.165, 1.54) is 6.42 Å². The van der Waals surface area contributed by atoms with Crippen molar-refractivity contribution in [1.82, 2.24) is 15.3 Å². The van der Waals surface area contributed by atoms with Crippen molar-refractivity contribution in [1.29, 1.82) is 0 Å². The highest BCUT2D eigenvalue weighted by molar-refractivity contribution is 5.99. The van der Waals surface area contributed by atoms with Crippen molar-refractivity contribution in [2.75, 3.05) is 59.6 Å². The first-order chi connectivity index (χ1) is 15.1. The number of ether oxygens (including phenoxy) is 4. The second-order valence-electron chi connectivity index (χ2n) is 7.14. The summed E-state index contributed by atoms with van der Waals surface area (Å²) in [6.45, 7) is 2.56. The number of benzene rings is 1. The number of amides is 1. The fraction of sp³-hybridized carbons (Fsp3) is 0.500. The number of anilines is 1. The smallest absolute Gasteiger partial charge is 0.256 e. The summed E-state index contributed by atoms with van der Waals surface area (Å²) in [6, 6.07) is 3.60. The summed E-state index contributed by atoms with van der Waals surface area (Å²) in [4.78, 5) is 24.2. The molecule has 31 heavy (non-hydrogen) atoms. The third-order valence-electron chi connectivity index (χ3n) is 5.18. The van der Waals surface area contributed by atoms with E-state index in [4.69, 9.17) is 23.9 Å².